The minimum atomic E-state index is -0.435. The summed E-state index contributed by atoms with van der Waals surface area (Å²) in [5.74, 6) is 0.166. The van der Waals surface area contributed by atoms with Crippen LogP contribution in [0.15, 0.2) is 24.4 Å². The molecule has 2 aromatic heterocycles. The molecular formula is C22H24ClFN6O. The van der Waals surface area contributed by atoms with Crippen molar-refractivity contribution < 1.29 is 9.18 Å². The molecule has 0 bridgehead atoms. The first kappa shape index (κ1) is 20.2. The molecule has 2 fully saturated rings. The molecule has 0 saturated heterocycles. The van der Waals surface area contributed by atoms with E-state index in [4.69, 9.17) is 22.3 Å². The number of nitrogens with zero attached hydrogens (tertiary/aromatic N) is 4. The van der Waals surface area contributed by atoms with Crippen LogP contribution in [0.1, 0.15) is 51.0 Å². The largest absolute Gasteiger partial charge is 0.369 e. The average Bonchev–Trinajstić information content (AvgIpc) is 3.09. The minimum absolute atomic E-state index is 0.0118. The van der Waals surface area contributed by atoms with Crippen molar-refractivity contribution in [3.8, 4) is 11.4 Å². The first-order valence-electron chi connectivity index (χ1n) is 10.8. The molecule has 0 radical (unpaired) electrons. The maximum absolute atomic E-state index is 14.8. The van der Waals surface area contributed by atoms with Crippen molar-refractivity contribution in [1.29, 1.82) is 0 Å². The third kappa shape index (κ3) is 3.73. The Labute approximate surface area is 184 Å². The van der Waals surface area contributed by atoms with E-state index in [0.29, 0.717) is 46.8 Å². The van der Waals surface area contributed by atoms with Crippen LogP contribution in [0.3, 0.4) is 0 Å². The molecule has 9 heteroatoms. The zero-order chi connectivity index (χ0) is 21.5. The zero-order valence-corrected chi connectivity index (χ0v) is 17.8. The topological polar surface area (TPSA) is 98.7 Å². The second-order valence-corrected chi connectivity index (χ2v) is 8.89. The van der Waals surface area contributed by atoms with Gasteiger partial charge in [0.2, 0.25) is 11.9 Å². The summed E-state index contributed by atoms with van der Waals surface area (Å²) in [5, 5.41) is 3.66. The number of anilines is 1. The minimum Gasteiger partial charge on any atom is -0.369 e. The maximum atomic E-state index is 14.8. The summed E-state index contributed by atoms with van der Waals surface area (Å²) in [6, 6.07) is 5.01. The number of nitrogens with one attached hydrogen (secondary N) is 1. The molecule has 2 aliphatic carbocycles. The monoisotopic (exact) mass is 442 g/mol. The van der Waals surface area contributed by atoms with Gasteiger partial charge in [-0.15, -0.1) is 0 Å². The number of primary amides is 1. The second-order valence-electron chi connectivity index (χ2n) is 8.48. The number of amides is 1. The number of aromatic nitrogens is 4. The van der Waals surface area contributed by atoms with Gasteiger partial charge in [-0.3, -0.25) is 4.79 Å². The summed E-state index contributed by atoms with van der Waals surface area (Å²) in [6.45, 7) is 0. The highest BCUT2D eigenvalue weighted by molar-refractivity contribution is 6.33. The fraction of sp³-hybridized carbons (Fsp3) is 0.455. The van der Waals surface area contributed by atoms with E-state index in [1.807, 2.05) is 4.57 Å². The van der Waals surface area contributed by atoms with Crippen LogP contribution < -0.4 is 11.1 Å². The molecule has 1 amide bonds. The van der Waals surface area contributed by atoms with Gasteiger partial charge >= 0.3 is 0 Å². The van der Waals surface area contributed by atoms with E-state index in [2.05, 4.69) is 15.3 Å². The molecule has 2 heterocycles. The number of hydrogen-bond acceptors (Lipinski definition) is 5. The highest BCUT2D eigenvalue weighted by Crippen LogP contribution is 2.39. The number of benzene rings is 1. The predicted octanol–water partition coefficient (Wildman–Crippen LogP) is 4.47. The van der Waals surface area contributed by atoms with Crippen molar-refractivity contribution in [3.63, 3.8) is 0 Å². The van der Waals surface area contributed by atoms with Crippen molar-refractivity contribution >= 4 is 34.6 Å². The van der Waals surface area contributed by atoms with Crippen LogP contribution in [0.5, 0.6) is 0 Å². The first-order valence-corrected chi connectivity index (χ1v) is 11.1. The summed E-state index contributed by atoms with van der Waals surface area (Å²) in [5.41, 5.74) is 7.01. The van der Waals surface area contributed by atoms with Gasteiger partial charge in [-0.25, -0.2) is 14.4 Å². The van der Waals surface area contributed by atoms with Gasteiger partial charge in [-0.2, -0.15) is 4.98 Å². The summed E-state index contributed by atoms with van der Waals surface area (Å²) in [4.78, 5) is 25.5. The molecule has 0 unspecified atom stereocenters. The summed E-state index contributed by atoms with van der Waals surface area (Å²) >= 11 is 6.39. The Morgan fingerprint density at radius 2 is 1.94 bits per heavy atom. The lowest BCUT2D eigenvalue weighted by Crippen LogP contribution is -2.29. The van der Waals surface area contributed by atoms with E-state index in [9.17, 15) is 9.18 Å². The number of halogens is 2. The predicted molar refractivity (Wildman–Crippen MR) is 117 cm³/mol. The molecule has 2 saturated carbocycles. The van der Waals surface area contributed by atoms with Crippen LogP contribution in [-0.4, -0.2) is 31.5 Å². The van der Waals surface area contributed by atoms with Crippen LogP contribution in [0.25, 0.3) is 22.6 Å². The standard InChI is InChI=1S/C22H24ClFN6O/c23-15-5-2-6-16(24)18(15)21-28-17-11-26-22(27-13-3-1-4-13)29-20(17)30(21)14-9-7-12(8-10-14)19(25)31/h2,5-6,11-14H,1,3-4,7-10H2,(H2,25,31)(H,26,27,29)/t12-,14+. The first-order chi connectivity index (χ1) is 15.0. The number of carbonyl (C=O) groups excluding carboxylic acids is 1. The average molecular weight is 443 g/mol. The van der Waals surface area contributed by atoms with E-state index < -0.39 is 5.82 Å². The van der Waals surface area contributed by atoms with Crippen LogP contribution in [0.4, 0.5) is 10.3 Å². The van der Waals surface area contributed by atoms with Crippen LogP contribution in [0.2, 0.25) is 5.02 Å². The van der Waals surface area contributed by atoms with E-state index in [0.717, 1.165) is 25.7 Å². The van der Waals surface area contributed by atoms with Crippen molar-refractivity contribution in [2.24, 2.45) is 11.7 Å². The van der Waals surface area contributed by atoms with Gasteiger partial charge in [0.25, 0.3) is 0 Å². The van der Waals surface area contributed by atoms with Gasteiger partial charge in [0.1, 0.15) is 17.2 Å². The Kier molecular flexibility index (Phi) is 5.25. The fourth-order valence-corrected chi connectivity index (χ4v) is 4.80. The molecule has 0 aliphatic heterocycles. The Bertz CT molecular complexity index is 1120. The number of hydrogen-bond donors (Lipinski definition) is 2. The van der Waals surface area contributed by atoms with Gasteiger partial charge in [-0.1, -0.05) is 17.7 Å². The van der Waals surface area contributed by atoms with Gasteiger partial charge in [-0.05, 0) is 57.1 Å². The fourth-order valence-electron chi connectivity index (χ4n) is 4.55. The SMILES string of the molecule is NC(=O)[C@H]1CC[C@@H](n2c(-c3c(F)cccc3Cl)nc3cnc(NC4CCC4)nc32)CC1. The molecule has 1 aromatic carbocycles. The highest BCUT2D eigenvalue weighted by Gasteiger charge is 2.30. The second kappa shape index (κ2) is 8.07. The Morgan fingerprint density at radius 1 is 1.16 bits per heavy atom. The van der Waals surface area contributed by atoms with E-state index in [1.165, 1.54) is 12.5 Å². The molecule has 3 N–H and O–H groups in total. The van der Waals surface area contributed by atoms with Crippen LogP contribution in [0, 0.1) is 11.7 Å². The lowest BCUT2D eigenvalue weighted by molar-refractivity contribution is -0.122. The third-order valence-corrected chi connectivity index (χ3v) is 6.84. The van der Waals surface area contributed by atoms with Gasteiger partial charge in [0, 0.05) is 18.0 Å². The van der Waals surface area contributed by atoms with E-state index >= 15 is 0 Å². The molecule has 0 spiro atoms. The molecular weight excluding hydrogens is 419 g/mol. The van der Waals surface area contributed by atoms with E-state index in [1.54, 1.807) is 18.3 Å². The summed E-state index contributed by atoms with van der Waals surface area (Å²) in [7, 11) is 0. The molecule has 3 aromatic rings. The highest BCUT2D eigenvalue weighted by atomic mass is 35.5. The Balaban J connectivity index is 1.61. The van der Waals surface area contributed by atoms with Gasteiger partial charge in [0.05, 0.1) is 16.8 Å². The molecule has 162 valence electrons. The molecule has 0 atom stereocenters. The van der Waals surface area contributed by atoms with Crippen molar-refractivity contribution in [2.45, 2.75) is 57.0 Å². The smallest absolute Gasteiger partial charge is 0.224 e. The van der Waals surface area contributed by atoms with Crippen molar-refractivity contribution in [3.05, 3.63) is 35.2 Å². The van der Waals surface area contributed by atoms with Gasteiger partial charge in [0.15, 0.2) is 5.65 Å². The van der Waals surface area contributed by atoms with Crippen molar-refractivity contribution in [2.75, 3.05) is 5.32 Å². The normalized spacial score (nSPS) is 21.7. The number of nitrogens with two attached hydrogens (primary N) is 1. The molecule has 2 aliphatic rings. The van der Waals surface area contributed by atoms with E-state index in [-0.39, 0.29) is 23.4 Å². The quantitative estimate of drug-likeness (QED) is 0.607. The molecule has 7 nitrogen and oxygen atoms in total. The molecule has 31 heavy (non-hydrogen) atoms. The summed E-state index contributed by atoms with van der Waals surface area (Å²) in [6.07, 6.45) is 7.91. The molecule has 5 rings (SSSR count). The maximum Gasteiger partial charge on any atom is 0.224 e. The number of fused-ring (bicyclic) bond motifs is 1. The lowest BCUT2D eigenvalue weighted by atomic mass is 9.85. The lowest BCUT2D eigenvalue weighted by Gasteiger charge is -2.29. The number of carbonyl (C=O) groups is 1. The zero-order valence-electron chi connectivity index (χ0n) is 17.0. The Morgan fingerprint density at radius 3 is 2.58 bits per heavy atom. The third-order valence-electron chi connectivity index (χ3n) is 6.52. The van der Waals surface area contributed by atoms with Crippen LogP contribution >= 0.6 is 11.6 Å². The van der Waals surface area contributed by atoms with Crippen LogP contribution in [-0.2, 0) is 4.79 Å². The number of imidazole rings is 1. The van der Waals surface area contributed by atoms with Crippen molar-refractivity contribution in [1.82, 2.24) is 19.5 Å². The Hall–Kier alpha value is -2.74. The van der Waals surface area contributed by atoms with Gasteiger partial charge < -0.3 is 15.6 Å². The summed E-state index contributed by atoms with van der Waals surface area (Å²) < 4.78 is 16.8. The number of rotatable bonds is 5.